The van der Waals surface area contributed by atoms with Crippen LogP contribution in [-0.2, 0) is 14.3 Å². The maximum atomic E-state index is 13.3. The van der Waals surface area contributed by atoms with Gasteiger partial charge in [0.1, 0.15) is 11.5 Å². The fourth-order valence-corrected chi connectivity index (χ4v) is 4.42. The Morgan fingerprint density at radius 2 is 1.69 bits per heavy atom. The number of hydrogen-bond acceptors (Lipinski definition) is 6. The molecule has 0 aromatic heterocycles. The van der Waals surface area contributed by atoms with Gasteiger partial charge in [-0.25, -0.2) is 4.79 Å². The molecular weight excluding hydrogens is 482 g/mol. The number of benzene rings is 3. The molecule has 1 heterocycles. The number of halogens is 1. The van der Waals surface area contributed by atoms with E-state index in [1.54, 1.807) is 37.3 Å². The topological polar surface area (TPSA) is 93.1 Å². The summed E-state index contributed by atoms with van der Waals surface area (Å²) in [4.78, 5) is 40.1. The van der Waals surface area contributed by atoms with Crippen molar-refractivity contribution in [2.45, 2.75) is 19.9 Å². The first-order valence-electron chi connectivity index (χ1n) is 11.3. The van der Waals surface area contributed by atoms with Crippen molar-refractivity contribution >= 4 is 40.7 Å². The normalized spacial score (nSPS) is 16.8. The SMILES string of the molecule is CCOC(=O)c1ccc(N2C(=O)C(=O)/C(=C(/O)c3ccc(Cl)c(OC)c3)C2c2ccccc2C)cc1. The van der Waals surface area contributed by atoms with Gasteiger partial charge in [-0.2, -0.15) is 0 Å². The van der Waals surface area contributed by atoms with E-state index in [2.05, 4.69) is 0 Å². The number of rotatable bonds is 6. The van der Waals surface area contributed by atoms with Gasteiger partial charge in [-0.3, -0.25) is 14.5 Å². The number of amides is 1. The van der Waals surface area contributed by atoms with E-state index in [9.17, 15) is 19.5 Å². The van der Waals surface area contributed by atoms with Gasteiger partial charge in [-0.1, -0.05) is 35.9 Å². The van der Waals surface area contributed by atoms with Crippen LogP contribution in [0.5, 0.6) is 5.75 Å². The van der Waals surface area contributed by atoms with Gasteiger partial charge >= 0.3 is 5.97 Å². The van der Waals surface area contributed by atoms with Crippen molar-refractivity contribution < 1.29 is 29.0 Å². The molecule has 0 saturated carbocycles. The Kier molecular flexibility index (Phi) is 7.12. The van der Waals surface area contributed by atoms with Crippen LogP contribution in [0, 0.1) is 6.92 Å². The van der Waals surface area contributed by atoms with Crippen molar-refractivity contribution in [3.63, 3.8) is 0 Å². The van der Waals surface area contributed by atoms with Crippen LogP contribution in [0.25, 0.3) is 5.76 Å². The zero-order valence-electron chi connectivity index (χ0n) is 19.9. The van der Waals surface area contributed by atoms with Crippen molar-refractivity contribution in [2.24, 2.45) is 0 Å². The van der Waals surface area contributed by atoms with Crippen LogP contribution in [0.15, 0.2) is 72.3 Å². The first-order valence-corrected chi connectivity index (χ1v) is 11.6. The molecule has 1 fully saturated rings. The summed E-state index contributed by atoms with van der Waals surface area (Å²) >= 11 is 6.13. The van der Waals surface area contributed by atoms with Crippen LogP contribution in [0.3, 0.4) is 0 Å². The van der Waals surface area contributed by atoms with Gasteiger partial charge in [-0.15, -0.1) is 0 Å². The maximum absolute atomic E-state index is 13.3. The van der Waals surface area contributed by atoms with E-state index in [1.807, 2.05) is 25.1 Å². The molecule has 0 aliphatic carbocycles. The highest BCUT2D eigenvalue weighted by molar-refractivity contribution is 6.51. The lowest BCUT2D eigenvalue weighted by molar-refractivity contribution is -0.132. The second-order valence-electron chi connectivity index (χ2n) is 8.14. The number of hydrogen-bond donors (Lipinski definition) is 1. The number of aliphatic hydroxyl groups excluding tert-OH is 1. The molecule has 36 heavy (non-hydrogen) atoms. The van der Waals surface area contributed by atoms with Gasteiger partial charge < -0.3 is 14.6 Å². The quantitative estimate of drug-likeness (QED) is 0.207. The molecule has 7 nitrogen and oxygen atoms in total. The lowest BCUT2D eigenvalue weighted by Crippen LogP contribution is -2.29. The molecule has 1 aliphatic heterocycles. The van der Waals surface area contributed by atoms with E-state index in [0.717, 1.165) is 5.56 Å². The number of carbonyl (C=O) groups is 3. The Balaban J connectivity index is 1.89. The second kappa shape index (κ2) is 10.3. The summed E-state index contributed by atoms with van der Waals surface area (Å²) in [6, 6.07) is 17.3. The smallest absolute Gasteiger partial charge is 0.338 e. The Hall–Kier alpha value is -4.10. The number of aliphatic hydroxyl groups is 1. The predicted molar refractivity (Wildman–Crippen MR) is 136 cm³/mol. The van der Waals surface area contributed by atoms with Crippen LogP contribution in [-0.4, -0.2) is 36.5 Å². The number of anilines is 1. The number of nitrogens with zero attached hydrogens (tertiary/aromatic N) is 1. The molecule has 1 aliphatic rings. The number of methoxy groups -OCH3 is 1. The van der Waals surface area contributed by atoms with Gasteiger partial charge in [-0.05, 0) is 67.4 Å². The number of esters is 1. The molecule has 184 valence electrons. The molecule has 0 radical (unpaired) electrons. The van der Waals surface area contributed by atoms with Gasteiger partial charge in [0.25, 0.3) is 11.7 Å². The number of aryl methyl sites for hydroxylation is 1. The molecule has 0 bridgehead atoms. The lowest BCUT2D eigenvalue weighted by atomic mass is 9.92. The predicted octanol–water partition coefficient (Wildman–Crippen LogP) is 5.46. The first kappa shape index (κ1) is 25.0. The fourth-order valence-electron chi connectivity index (χ4n) is 4.22. The van der Waals surface area contributed by atoms with Crippen LogP contribution in [0.2, 0.25) is 5.02 Å². The first-order chi connectivity index (χ1) is 17.3. The molecule has 4 rings (SSSR count). The van der Waals surface area contributed by atoms with E-state index in [1.165, 1.54) is 30.2 Å². The molecule has 3 aromatic rings. The maximum Gasteiger partial charge on any atom is 0.338 e. The highest BCUT2D eigenvalue weighted by Crippen LogP contribution is 2.43. The average Bonchev–Trinajstić information content (AvgIpc) is 3.14. The third-order valence-corrected chi connectivity index (χ3v) is 6.32. The molecule has 3 aromatic carbocycles. The Morgan fingerprint density at radius 1 is 1.03 bits per heavy atom. The molecular formula is C28H24ClNO6. The van der Waals surface area contributed by atoms with Gasteiger partial charge in [0.15, 0.2) is 0 Å². The Morgan fingerprint density at radius 3 is 2.33 bits per heavy atom. The summed E-state index contributed by atoms with van der Waals surface area (Å²) in [7, 11) is 1.44. The van der Waals surface area contributed by atoms with E-state index in [-0.39, 0.29) is 23.5 Å². The van der Waals surface area contributed by atoms with Crippen molar-refractivity contribution in [1.29, 1.82) is 0 Å². The van der Waals surface area contributed by atoms with Crippen molar-refractivity contribution in [2.75, 3.05) is 18.6 Å². The van der Waals surface area contributed by atoms with E-state index in [0.29, 0.717) is 27.6 Å². The highest BCUT2D eigenvalue weighted by atomic mass is 35.5. The van der Waals surface area contributed by atoms with Crippen molar-refractivity contribution in [3.8, 4) is 5.75 Å². The lowest BCUT2D eigenvalue weighted by Gasteiger charge is -2.26. The van der Waals surface area contributed by atoms with Crippen molar-refractivity contribution in [3.05, 3.63) is 99.6 Å². The molecule has 1 unspecified atom stereocenters. The summed E-state index contributed by atoms with van der Waals surface area (Å²) in [5.41, 5.74) is 2.44. The van der Waals surface area contributed by atoms with Crippen LogP contribution >= 0.6 is 11.6 Å². The molecule has 1 N–H and O–H groups in total. The third-order valence-electron chi connectivity index (χ3n) is 6.01. The molecule has 0 spiro atoms. The zero-order chi connectivity index (χ0) is 26.0. The molecule has 1 amide bonds. The summed E-state index contributed by atoms with van der Waals surface area (Å²) in [5.74, 6) is -2.14. The standard InChI is InChI=1S/C28H24ClNO6/c1-4-36-28(34)17-9-12-19(13-10-17)30-24(20-8-6-5-7-16(20)2)23(26(32)27(30)33)25(31)18-11-14-21(29)22(15-18)35-3/h5-15,24,31H,4H2,1-3H3/b25-23+. The Bertz CT molecular complexity index is 1380. The molecule has 1 atom stereocenters. The zero-order valence-corrected chi connectivity index (χ0v) is 20.7. The Labute approximate surface area is 213 Å². The van der Waals surface area contributed by atoms with E-state index >= 15 is 0 Å². The number of carbonyl (C=O) groups excluding carboxylic acids is 3. The van der Waals surface area contributed by atoms with Crippen LogP contribution < -0.4 is 9.64 Å². The van der Waals surface area contributed by atoms with Gasteiger partial charge in [0.2, 0.25) is 0 Å². The average molecular weight is 506 g/mol. The minimum atomic E-state index is -0.902. The monoisotopic (exact) mass is 505 g/mol. The second-order valence-corrected chi connectivity index (χ2v) is 8.55. The number of Topliss-reactive ketones (excluding diaryl/α,β-unsaturated/α-hetero) is 1. The fraction of sp³-hybridized carbons (Fsp3) is 0.179. The number of ketones is 1. The van der Waals surface area contributed by atoms with Crippen LogP contribution in [0.4, 0.5) is 5.69 Å². The highest BCUT2D eigenvalue weighted by Gasteiger charge is 2.47. The van der Waals surface area contributed by atoms with Crippen molar-refractivity contribution in [1.82, 2.24) is 0 Å². The van der Waals surface area contributed by atoms with E-state index < -0.39 is 23.7 Å². The number of ether oxygens (including phenoxy) is 2. The summed E-state index contributed by atoms with van der Waals surface area (Å²) in [5, 5.41) is 11.6. The van der Waals surface area contributed by atoms with E-state index in [4.69, 9.17) is 21.1 Å². The molecule has 1 saturated heterocycles. The van der Waals surface area contributed by atoms with Gasteiger partial charge in [0.05, 0.1) is 35.9 Å². The van der Waals surface area contributed by atoms with Gasteiger partial charge in [0, 0.05) is 11.3 Å². The minimum Gasteiger partial charge on any atom is -0.507 e. The molecule has 8 heteroatoms. The summed E-state index contributed by atoms with van der Waals surface area (Å²) in [6.45, 7) is 3.81. The third kappa shape index (κ3) is 4.45. The van der Waals surface area contributed by atoms with Crippen LogP contribution in [0.1, 0.15) is 40.0 Å². The summed E-state index contributed by atoms with van der Waals surface area (Å²) in [6.07, 6.45) is 0. The largest absolute Gasteiger partial charge is 0.507 e. The minimum absolute atomic E-state index is 0.0619. The summed E-state index contributed by atoms with van der Waals surface area (Å²) < 4.78 is 10.3.